The van der Waals surface area contributed by atoms with E-state index >= 15 is 0 Å². The highest BCUT2D eigenvalue weighted by molar-refractivity contribution is 5.77. The Bertz CT molecular complexity index is 189. The molecule has 0 atom stereocenters. The number of piperazine rings is 1. The second kappa shape index (κ2) is 6.80. The van der Waals surface area contributed by atoms with E-state index in [0.717, 1.165) is 26.2 Å². The number of ether oxygens (including phenoxy) is 1. The van der Waals surface area contributed by atoms with Crippen LogP contribution in [0, 0.1) is 0 Å². The quantitative estimate of drug-likeness (QED) is 0.671. The number of unbranched alkanes of at least 4 members (excludes halogenated alkanes) is 1. The van der Waals surface area contributed by atoms with E-state index in [1.807, 2.05) is 4.90 Å². The lowest BCUT2D eigenvalue weighted by Crippen LogP contribution is -2.49. The molecule has 1 fully saturated rings. The number of carbonyl (C=O) groups excluding carboxylic acids is 1. The van der Waals surface area contributed by atoms with Gasteiger partial charge in [0, 0.05) is 33.3 Å². The van der Waals surface area contributed by atoms with Crippen LogP contribution in [-0.4, -0.2) is 62.1 Å². The van der Waals surface area contributed by atoms with Crippen LogP contribution in [0.4, 0.5) is 0 Å². The van der Waals surface area contributed by atoms with Crippen molar-refractivity contribution in [1.82, 2.24) is 9.80 Å². The third-order valence-electron chi connectivity index (χ3n) is 2.82. The summed E-state index contributed by atoms with van der Waals surface area (Å²) >= 11 is 0. The van der Waals surface area contributed by atoms with E-state index in [1.54, 1.807) is 7.11 Å². The molecule has 1 rings (SSSR count). The molecule has 1 aliphatic heterocycles. The second-order valence-corrected chi connectivity index (χ2v) is 4.01. The van der Waals surface area contributed by atoms with Crippen LogP contribution in [0.1, 0.15) is 19.8 Å². The largest absolute Gasteiger partial charge is 0.375 e. The molecular weight excluding hydrogens is 192 g/mol. The van der Waals surface area contributed by atoms with Crippen molar-refractivity contribution in [3.63, 3.8) is 0 Å². The first-order valence-electron chi connectivity index (χ1n) is 5.77. The summed E-state index contributed by atoms with van der Waals surface area (Å²) in [6, 6.07) is 0. The van der Waals surface area contributed by atoms with Gasteiger partial charge in [-0.05, 0) is 13.0 Å². The Labute approximate surface area is 92.2 Å². The summed E-state index contributed by atoms with van der Waals surface area (Å²) in [4.78, 5) is 15.8. The number of carbonyl (C=O) groups is 1. The zero-order chi connectivity index (χ0) is 11.1. The van der Waals surface area contributed by atoms with Gasteiger partial charge in [-0.1, -0.05) is 13.3 Å². The monoisotopic (exact) mass is 214 g/mol. The fourth-order valence-corrected chi connectivity index (χ4v) is 1.82. The minimum atomic E-state index is 0.118. The molecule has 0 aromatic carbocycles. The normalized spacial score (nSPS) is 18.1. The molecule has 4 nitrogen and oxygen atoms in total. The predicted octanol–water partition coefficient (Wildman–Crippen LogP) is 0.577. The van der Waals surface area contributed by atoms with Gasteiger partial charge in [0.25, 0.3) is 0 Å². The second-order valence-electron chi connectivity index (χ2n) is 4.01. The van der Waals surface area contributed by atoms with Crippen molar-refractivity contribution in [3.8, 4) is 0 Å². The summed E-state index contributed by atoms with van der Waals surface area (Å²) in [7, 11) is 1.56. The summed E-state index contributed by atoms with van der Waals surface area (Å²) in [6.07, 6.45) is 2.49. The van der Waals surface area contributed by atoms with Gasteiger partial charge in [-0.25, -0.2) is 0 Å². The van der Waals surface area contributed by atoms with Gasteiger partial charge in [0.15, 0.2) is 0 Å². The summed E-state index contributed by atoms with van der Waals surface area (Å²) in [5, 5.41) is 0. The molecule has 15 heavy (non-hydrogen) atoms. The highest BCUT2D eigenvalue weighted by Crippen LogP contribution is 2.03. The maximum Gasteiger partial charge on any atom is 0.248 e. The van der Waals surface area contributed by atoms with Gasteiger partial charge in [0.1, 0.15) is 6.61 Å². The molecule has 88 valence electrons. The number of hydrogen-bond donors (Lipinski definition) is 0. The van der Waals surface area contributed by atoms with E-state index in [4.69, 9.17) is 4.74 Å². The van der Waals surface area contributed by atoms with Gasteiger partial charge in [0.2, 0.25) is 5.91 Å². The number of hydrogen-bond acceptors (Lipinski definition) is 3. The van der Waals surface area contributed by atoms with Crippen molar-refractivity contribution < 1.29 is 9.53 Å². The fraction of sp³-hybridized carbons (Fsp3) is 0.909. The van der Waals surface area contributed by atoms with Crippen LogP contribution in [0.2, 0.25) is 0 Å². The molecule has 0 radical (unpaired) electrons. The van der Waals surface area contributed by atoms with Gasteiger partial charge in [-0.3, -0.25) is 9.69 Å². The Hall–Kier alpha value is -0.610. The number of rotatable bonds is 5. The molecule has 1 heterocycles. The van der Waals surface area contributed by atoms with Crippen LogP contribution < -0.4 is 0 Å². The Balaban J connectivity index is 2.20. The van der Waals surface area contributed by atoms with Gasteiger partial charge >= 0.3 is 0 Å². The molecule has 0 aromatic rings. The summed E-state index contributed by atoms with van der Waals surface area (Å²) in [5.74, 6) is 0.118. The highest BCUT2D eigenvalue weighted by Gasteiger charge is 2.19. The minimum Gasteiger partial charge on any atom is -0.375 e. The molecular formula is C11H22N2O2. The average Bonchev–Trinajstić information content (AvgIpc) is 2.27. The first kappa shape index (κ1) is 12.5. The molecule has 1 amide bonds. The van der Waals surface area contributed by atoms with E-state index in [9.17, 15) is 4.79 Å². The third-order valence-corrected chi connectivity index (χ3v) is 2.82. The summed E-state index contributed by atoms with van der Waals surface area (Å²) < 4.78 is 4.84. The lowest BCUT2D eigenvalue weighted by molar-refractivity contribution is -0.136. The molecule has 0 aromatic heterocycles. The van der Waals surface area contributed by atoms with Crippen LogP contribution >= 0.6 is 0 Å². The highest BCUT2D eigenvalue weighted by atomic mass is 16.5. The summed E-state index contributed by atoms with van der Waals surface area (Å²) in [6.45, 7) is 7.32. The van der Waals surface area contributed by atoms with Crippen molar-refractivity contribution in [3.05, 3.63) is 0 Å². The van der Waals surface area contributed by atoms with Crippen molar-refractivity contribution in [2.24, 2.45) is 0 Å². The Kier molecular flexibility index (Phi) is 5.65. The Morgan fingerprint density at radius 1 is 1.27 bits per heavy atom. The Morgan fingerprint density at radius 2 is 1.93 bits per heavy atom. The molecule has 0 saturated carbocycles. The van der Waals surface area contributed by atoms with E-state index in [1.165, 1.54) is 19.4 Å². The smallest absolute Gasteiger partial charge is 0.248 e. The molecule has 4 heteroatoms. The van der Waals surface area contributed by atoms with Crippen LogP contribution in [0.3, 0.4) is 0 Å². The third kappa shape index (κ3) is 4.18. The van der Waals surface area contributed by atoms with Gasteiger partial charge in [-0.15, -0.1) is 0 Å². The van der Waals surface area contributed by atoms with Gasteiger partial charge in [0.05, 0.1) is 0 Å². The van der Waals surface area contributed by atoms with E-state index in [2.05, 4.69) is 11.8 Å². The van der Waals surface area contributed by atoms with E-state index in [0.29, 0.717) is 0 Å². The SMILES string of the molecule is CCCCN1CCN(C(=O)COC)CC1. The predicted molar refractivity (Wildman–Crippen MR) is 59.8 cm³/mol. The van der Waals surface area contributed by atoms with Crippen LogP contribution in [0.15, 0.2) is 0 Å². The van der Waals surface area contributed by atoms with Gasteiger partial charge < -0.3 is 9.64 Å². The molecule has 0 spiro atoms. The average molecular weight is 214 g/mol. The molecule has 0 N–H and O–H groups in total. The van der Waals surface area contributed by atoms with Crippen molar-refractivity contribution in [2.75, 3.05) is 46.4 Å². The zero-order valence-corrected chi connectivity index (χ0v) is 9.87. The van der Waals surface area contributed by atoms with E-state index in [-0.39, 0.29) is 12.5 Å². The van der Waals surface area contributed by atoms with Crippen LogP contribution in [0.25, 0.3) is 0 Å². The first-order chi connectivity index (χ1) is 7.27. The lowest BCUT2D eigenvalue weighted by Gasteiger charge is -2.34. The van der Waals surface area contributed by atoms with E-state index < -0.39 is 0 Å². The maximum absolute atomic E-state index is 11.5. The van der Waals surface area contributed by atoms with Crippen molar-refractivity contribution >= 4 is 5.91 Å². The zero-order valence-electron chi connectivity index (χ0n) is 9.87. The molecule has 0 aliphatic carbocycles. The molecule has 0 bridgehead atoms. The molecule has 1 aliphatic rings. The van der Waals surface area contributed by atoms with Crippen molar-refractivity contribution in [1.29, 1.82) is 0 Å². The van der Waals surface area contributed by atoms with Gasteiger partial charge in [-0.2, -0.15) is 0 Å². The van der Waals surface area contributed by atoms with Crippen LogP contribution in [0.5, 0.6) is 0 Å². The number of methoxy groups -OCH3 is 1. The maximum atomic E-state index is 11.5. The molecule has 0 unspecified atom stereocenters. The number of nitrogens with zero attached hydrogens (tertiary/aromatic N) is 2. The Morgan fingerprint density at radius 3 is 2.47 bits per heavy atom. The minimum absolute atomic E-state index is 0.118. The van der Waals surface area contributed by atoms with Crippen LogP contribution in [-0.2, 0) is 9.53 Å². The topological polar surface area (TPSA) is 32.8 Å². The van der Waals surface area contributed by atoms with Crippen molar-refractivity contribution in [2.45, 2.75) is 19.8 Å². The standard InChI is InChI=1S/C11H22N2O2/c1-3-4-5-12-6-8-13(9-7-12)11(14)10-15-2/h3-10H2,1-2H3. The number of amides is 1. The lowest BCUT2D eigenvalue weighted by atomic mass is 10.2. The first-order valence-corrected chi connectivity index (χ1v) is 5.77. The fourth-order valence-electron chi connectivity index (χ4n) is 1.82. The molecule has 1 saturated heterocycles. The summed E-state index contributed by atoms with van der Waals surface area (Å²) in [5.41, 5.74) is 0.